The van der Waals surface area contributed by atoms with Gasteiger partial charge in [-0.25, -0.2) is 0 Å². The van der Waals surface area contributed by atoms with Crippen LogP contribution in [0.15, 0.2) is 157 Å². The third-order valence-electron chi connectivity index (χ3n) is 9.09. The summed E-state index contributed by atoms with van der Waals surface area (Å²) >= 11 is 0. The Morgan fingerprint density at radius 1 is 0.295 bits per heavy atom. The second-order valence-corrected chi connectivity index (χ2v) is 21.6. The first kappa shape index (κ1) is 28.3. The highest BCUT2D eigenvalue weighted by atomic mass is 28.3. The van der Waals surface area contributed by atoms with E-state index in [1.807, 2.05) is 0 Å². The van der Waals surface area contributed by atoms with E-state index in [4.69, 9.17) is 0 Å². The predicted octanol–water partition coefficient (Wildman–Crippen LogP) is 11.3. The third kappa shape index (κ3) is 5.04. The first-order chi connectivity index (χ1) is 21.3. The van der Waals surface area contributed by atoms with Crippen molar-refractivity contribution in [1.29, 1.82) is 0 Å². The van der Waals surface area contributed by atoms with E-state index >= 15 is 0 Å². The second-order valence-electron chi connectivity index (χ2n) is 13.1. The molecule has 2 heterocycles. The lowest BCUT2D eigenvalue weighted by Gasteiger charge is -2.24. The van der Waals surface area contributed by atoms with Gasteiger partial charge >= 0.3 is 0 Å². The van der Waals surface area contributed by atoms with E-state index in [9.17, 15) is 0 Å². The molecule has 2 aliphatic heterocycles. The molecule has 0 fully saturated rings. The smallest absolute Gasteiger partial charge is 0.0818 e. The van der Waals surface area contributed by atoms with Crippen molar-refractivity contribution in [3.63, 3.8) is 0 Å². The Labute approximate surface area is 264 Å². The highest BCUT2D eigenvalue weighted by Gasteiger charge is 2.38. The maximum absolute atomic E-state index is 2.60. The van der Waals surface area contributed by atoms with Gasteiger partial charge in [0.15, 0.2) is 0 Å². The molecule has 0 amide bonds. The molecule has 0 saturated heterocycles. The van der Waals surface area contributed by atoms with E-state index in [2.05, 4.69) is 183 Å². The van der Waals surface area contributed by atoms with Crippen molar-refractivity contribution in [3.8, 4) is 0 Å². The van der Waals surface area contributed by atoms with Crippen LogP contribution in [0, 0.1) is 0 Å². The van der Waals surface area contributed by atoms with Crippen molar-refractivity contribution in [1.82, 2.24) is 0 Å². The minimum atomic E-state index is -1.90. The van der Waals surface area contributed by atoms with Crippen LogP contribution in [0.5, 0.6) is 0 Å². The van der Waals surface area contributed by atoms with Crippen molar-refractivity contribution in [2.24, 2.45) is 0 Å². The van der Waals surface area contributed by atoms with Gasteiger partial charge in [-0.05, 0) is 66.1 Å². The fourth-order valence-corrected chi connectivity index (χ4v) is 13.3. The standard InChI is InChI=1S/C42H38Si2/c1-43(2)29-37(31-17-9-5-10-18-31)39(33-21-13-7-14-22-33)41(43)35-25-27-36(28-26-35)42-40(34-23-15-8-16-24-34)38(30-44(42,3)4)32-19-11-6-12-20-32/h5-30H,1-4H3. The molecule has 0 nitrogen and oxygen atoms in total. The van der Waals surface area contributed by atoms with Crippen molar-refractivity contribution in [2.45, 2.75) is 26.2 Å². The van der Waals surface area contributed by atoms with E-state index in [0.717, 1.165) is 0 Å². The molecule has 7 rings (SSSR count). The molecule has 0 aliphatic carbocycles. The van der Waals surface area contributed by atoms with Gasteiger partial charge in [0.05, 0.1) is 0 Å². The third-order valence-corrected chi connectivity index (χ3v) is 14.8. The summed E-state index contributed by atoms with van der Waals surface area (Å²) < 4.78 is 0. The summed E-state index contributed by atoms with van der Waals surface area (Å²) in [6.07, 6.45) is 0. The van der Waals surface area contributed by atoms with Gasteiger partial charge in [-0.3, -0.25) is 0 Å². The Balaban J connectivity index is 1.40. The Bertz CT molecular complexity index is 1790. The van der Waals surface area contributed by atoms with Crippen LogP contribution in [0.25, 0.3) is 32.7 Å². The van der Waals surface area contributed by atoms with E-state index in [1.54, 1.807) is 0 Å². The minimum absolute atomic E-state index is 1.30. The summed E-state index contributed by atoms with van der Waals surface area (Å²) in [6.45, 7) is 9.98. The first-order valence-electron chi connectivity index (χ1n) is 15.6. The van der Waals surface area contributed by atoms with E-state index < -0.39 is 16.1 Å². The number of benzene rings is 5. The zero-order valence-electron chi connectivity index (χ0n) is 26.0. The lowest BCUT2D eigenvalue weighted by Crippen LogP contribution is -2.24. The zero-order valence-corrected chi connectivity index (χ0v) is 28.0. The SMILES string of the molecule is C[Si]1(C)C=C(c2ccccc2)C(c2ccccc2)=C1c1ccc(C2=C(c3ccccc3)C(c3ccccc3)=C[Si]2(C)C)cc1. The van der Waals surface area contributed by atoms with Gasteiger partial charge in [0.2, 0.25) is 0 Å². The van der Waals surface area contributed by atoms with Gasteiger partial charge in [0.25, 0.3) is 0 Å². The van der Waals surface area contributed by atoms with Crippen LogP contribution in [0.3, 0.4) is 0 Å². The maximum atomic E-state index is 2.60. The van der Waals surface area contributed by atoms with Gasteiger partial charge in [-0.1, -0.05) is 183 Å². The van der Waals surface area contributed by atoms with Crippen LogP contribution in [-0.4, -0.2) is 16.1 Å². The quantitative estimate of drug-likeness (QED) is 0.171. The number of hydrogen-bond donors (Lipinski definition) is 0. The first-order valence-corrected chi connectivity index (χ1v) is 21.8. The molecule has 0 N–H and O–H groups in total. The van der Waals surface area contributed by atoms with E-state index in [-0.39, 0.29) is 0 Å². The van der Waals surface area contributed by atoms with Gasteiger partial charge in [-0.15, -0.1) is 0 Å². The largest absolute Gasteiger partial charge is 0.106 e. The predicted molar refractivity (Wildman–Crippen MR) is 197 cm³/mol. The number of rotatable bonds is 6. The summed E-state index contributed by atoms with van der Waals surface area (Å²) in [5.41, 5.74) is 18.7. The Hall–Kier alpha value is -4.51. The molecule has 44 heavy (non-hydrogen) atoms. The summed E-state index contributed by atoms with van der Waals surface area (Å²) in [5.74, 6) is 0. The Morgan fingerprint density at radius 3 is 0.864 bits per heavy atom. The van der Waals surface area contributed by atoms with Gasteiger partial charge in [0, 0.05) is 0 Å². The zero-order chi connectivity index (χ0) is 30.3. The van der Waals surface area contributed by atoms with Crippen LogP contribution in [0.2, 0.25) is 26.2 Å². The molecule has 5 aromatic carbocycles. The number of allylic oxidation sites excluding steroid dienone is 4. The monoisotopic (exact) mass is 598 g/mol. The highest BCUT2D eigenvalue weighted by molar-refractivity contribution is 7.03. The molecule has 214 valence electrons. The highest BCUT2D eigenvalue weighted by Crippen LogP contribution is 2.50. The topological polar surface area (TPSA) is 0 Å². The van der Waals surface area contributed by atoms with Crippen LogP contribution in [0.1, 0.15) is 33.4 Å². The Kier molecular flexibility index (Phi) is 7.20. The molecule has 0 atom stereocenters. The lowest BCUT2D eigenvalue weighted by atomic mass is 9.91. The van der Waals surface area contributed by atoms with Crippen LogP contribution < -0.4 is 0 Å². The molecule has 0 saturated carbocycles. The minimum Gasteiger partial charge on any atom is -0.0818 e. The average molecular weight is 599 g/mol. The van der Waals surface area contributed by atoms with Crippen LogP contribution in [-0.2, 0) is 0 Å². The Morgan fingerprint density at radius 2 is 0.568 bits per heavy atom. The van der Waals surface area contributed by atoms with E-state index in [0.29, 0.717) is 0 Å². The molecule has 0 aromatic heterocycles. The molecule has 2 aliphatic rings. The van der Waals surface area contributed by atoms with Crippen molar-refractivity contribution in [2.75, 3.05) is 0 Å². The lowest BCUT2D eigenvalue weighted by molar-refractivity contribution is 1.56. The maximum Gasteiger partial charge on any atom is 0.106 e. The second kappa shape index (κ2) is 11.2. The van der Waals surface area contributed by atoms with Crippen LogP contribution in [0.4, 0.5) is 0 Å². The molecule has 0 unspecified atom stereocenters. The fraction of sp³-hybridized carbons (Fsp3) is 0.0952. The molecular weight excluding hydrogens is 561 g/mol. The fourth-order valence-electron chi connectivity index (χ4n) is 7.26. The molecule has 5 aromatic rings. The normalized spacial score (nSPS) is 17.1. The van der Waals surface area contributed by atoms with Crippen molar-refractivity contribution >= 4 is 48.8 Å². The van der Waals surface area contributed by atoms with Crippen molar-refractivity contribution < 1.29 is 0 Å². The number of hydrogen-bond acceptors (Lipinski definition) is 0. The van der Waals surface area contributed by atoms with Crippen molar-refractivity contribution in [3.05, 3.63) is 190 Å². The molecule has 0 spiro atoms. The molecular formula is C42H38Si2. The van der Waals surface area contributed by atoms with E-state index in [1.165, 1.54) is 66.1 Å². The van der Waals surface area contributed by atoms with Crippen LogP contribution >= 0.6 is 0 Å². The van der Waals surface area contributed by atoms with Gasteiger partial charge in [0.1, 0.15) is 16.1 Å². The summed E-state index contributed by atoms with van der Waals surface area (Å²) in [6, 6.07) is 53.5. The summed E-state index contributed by atoms with van der Waals surface area (Å²) in [7, 11) is -3.79. The molecule has 0 radical (unpaired) electrons. The molecule has 0 bridgehead atoms. The van der Waals surface area contributed by atoms with Gasteiger partial charge < -0.3 is 0 Å². The molecule has 2 heteroatoms. The summed E-state index contributed by atoms with van der Waals surface area (Å²) in [4.78, 5) is 0. The summed E-state index contributed by atoms with van der Waals surface area (Å²) in [5, 5.41) is 3.05. The average Bonchev–Trinajstić information content (AvgIpc) is 3.51. The van der Waals surface area contributed by atoms with Gasteiger partial charge in [-0.2, -0.15) is 0 Å².